The standard InChI is InChI=1S/C17H23N3/c1-2-12-5-7-13(8-6-12)20-16-10-9-15(18)14-4-3-11-19-17(14)16/h3-4,9-13,20H,2,5-8,18H2,1H3. The van der Waals surface area contributed by atoms with Gasteiger partial charge in [-0.2, -0.15) is 0 Å². The van der Waals surface area contributed by atoms with Crippen LogP contribution in [0.3, 0.4) is 0 Å². The molecule has 2 aromatic rings. The summed E-state index contributed by atoms with van der Waals surface area (Å²) in [4.78, 5) is 4.50. The minimum absolute atomic E-state index is 0.576. The fourth-order valence-electron chi connectivity index (χ4n) is 3.25. The van der Waals surface area contributed by atoms with Crippen LogP contribution < -0.4 is 11.1 Å². The summed E-state index contributed by atoms with van der Waals surface area (Å²) < 4.78 is 0. The number of benzene rings is 1. The van der Waals surface area contributed by atoms with E-state index in [0.29, 0.717) is 6.04 Å². The summed E-state index contributed by atoms with van der Waals surface area (Å²) in [6, 6.07) is 8.60. The summed E-state index contributed by atoms with van der Waals surface area (Å²) in [5, 5.41) is 4.72. The largest absolute Gasteiger partial charge is 0.398 e. The van der Waals surface area contributed by atoms with E-state index in [0.717, 1.165) is 28.2 Å². The summed E-state index contributed by atoms with van der Waals surface area (Å²) in [5.41, 5.74) is 8.94. The number of nitrogens with zero attached hydrogens (tertiary/aromatic N) is 1. The van der Waals surface area contributed by atoms with Crippen molar-refractivity contribution in [1.29, 1.82) is 0 Å². The van der Waals surface area contributed by atoms with Gasteiger partial charge in [0.1, 0.15) is 0 Å². The Bertz CT molecular complexity index is 586. The van der Waals surface area contributed by atoms with Crippen LogP contribution in [-0.4, -0.2) is 11.0 Å². The van der Waals surface area contributed by atoms with Gasteiger partial charge in [0.2, 0.25) is 0 Å². The number of nitrogens with two attached hydrogens (primary N) is 1. The van der Waals surface area contributed by atoms with Gasteiger partial charge < -0.3 is 11.1 Å². The molecule has 1 aromatic heterocycles. The Kier molecular flexibility index (Phi) is 3.77. The highest BCUT2D eigenvalue weighted by atomic mass is 14.9. The first-order chi connectivity index (χ1) is 9.78. The van der Waals surface area contributed by atoms with E-state index in [1.54, 1.807) is 0 Å². The average Bonchev–Trinajstić information content (AvgIpc) is 2.51. The lowest BCUT2D eigenvalue weighted by Gasteiger charge is -2.29. The molecule has 3 rings (SSSR count). The molecule has 3 N–H and O–H groups in total. The fourth-order valence-corrected chi connectivity index (χ4v) is 3.25. The SMILES string of the molecule is CCC1CCC(Nc2ccc(N)c3cccnc23)CC1. The number of hydrogen-bond donors (Lipinski definition) is 2. The van der Waals surface area contributed by atoms with Crippen LogP contribution in [0.25, 0.3) is 10.9 Å². The van der Waals surface area contributed by atoms with Gasteiger partial charge in [-0.05, 0) is 55.9 Å². The Hall–Kier alpha value is -1.77. The first kappa shape index (κ1) is 13.2. The minimum atomic E-state index is 0.576. The van der Waals surface area contributed by atoms with E-state index < -0.39 is 0 Å². The topological polar surface area (TPSA) is 50.9 Å². The fraction of sp³-hybridized carbons (Fsp3) is 0.471. The zero-order valence-electron chi connectivity index (χ0n) is 12.1. The molecular weight excluding hydrogens is 246 g/mol. The molecule has 0 aliphatic heterocycles. The van der Waals surface area contributed by atoms with Gasteiger partial charge in [-0.15, -0.1) is 0 Å². The third-order valence-electron chi connectivity index (χ3n) is 4.59. The van der Waals surface area contributed by atoms with E-state index in [9.17, 15) is 0 Å². The van der Waals surface area contributed by atoms with E-state index in [1.807, 2.05) is 24.4 Å². The normalized spacial score (nSPS) is 22.9. The van der Waals surface area contributed by atoms with Crippen molar-refractivity contribution in [3.05, 3.63) is 30.5 Å². The van der Waals surface area contributed by atoms with Crippen molar-refractivity contribution in [1.82, 2.24) is 4.98 Å². The lowest BCUT2D eigenvalue weighted by molar-refractivity contribution is 0.330. The second-order valence-electron chi connectivity index (χ2n) is 5.87. The summed E-state index contributed by atoms with van der Waals surface area (Å²) in [7, 11) is 0. The van der Waals surface area contributed by atoms with Crippen molar-refractivity contribution in [3.63, 3.8) is 0 Å². The molecule has 1 heterocycles. The summed E-state index contributed by atoms with van der Waals surface area (Å²) >= 11 is 0. The molecule has 106 valence electrons. The lowest BCUT2D eigenvalue weighted by atomic mass is 9.84. The van der Waals surface area contributed by atoms with E-state index in [-0.39, 0.29) is 0 Å². The van der Waals surface area contributed by atoms with Crippen molar-refractivity contribution >= 4 is 22.3 Å². The third-order valence-corrected chi connectivity index (χ3v) is 4.59. The Morgan fingerprint density at radius 3 is 2.75 bits per heavy atom. The number of hydrogen-bond acceptors (Lipinski definition) is 3. The molecule has 3 nitrogen and oxygen atoms in total. The van der Waals surface area contributed by atoms with Crippen molar-refractivity contribution in [3.8, 4) is 0 Å². The molecule has 1 saturated carbocycles. The van der Waals surface area contributed by atoms with Crippen LogP contribution in [0.4, 0.5) is 11.4 Å². The molecule has 0 bridgehead atoms. The van der Waals surface area contributed by atoms with Crippen LogP contribution in [0.15, 0.2) is 30.5 Å². The molecule has 1 fully saturated rings. The quantitative estimate of drug-likeness (QED) is 0.821. The monoisotopic (exact) mass is 269 g/mol. The van der Waals surface area contributed by atoms with Crippen LogP contribution in [0.1, 0.15) is 39.0 Å². The van der Waals surface area contributed by atoms with E-state index in [4.69, 9.17) is 5.73 Å². The first-order valence-corrected chi connectivity index (χ1v) is 7.67. The predicted octanol–water partition coefficient (Wildman–Crippen LogP) is 4.20. The molecule has 3 heteroatoms. The molecule has 0 unspecified atom stereocenters. The zero-order chi connectivity index (χ0) is 13.9. The molecule has 1 aromatic carbocycles. The zero-order valence-corrected chi connectivity index (χ0v) is 12.1. The highest BCUT2D eigenvalue weighted by Gasteiger charge is 2.20. The molecule has 0 radical (unpaired) electrons. The second kappa shape index (κ2) is 5.70. The van der Waals surface area contributed by atoms with Crippen molar-refractivity contribution < 1.29 is 0 Å². The molecule has 0 amide bonds. The number of aromatic nitrogens is 1. The lowest BCUT2D eigenvalue weighted by Crippen LogP contribution is -2.26. The Morgan fingerprint density at radius 1 is 1.20 bits per heavy atom. The van der Waals surface area contributed by atoms with Gasteiger partial charge >= 0.3 is 0 Å². The molecular formula is C17H23N3. The summed E-state index contributed by atoms with van der Waals surface area (Å²) in [6.45, 7) is 2.30. The average molecular weight is 269 g/mol. The van der Waals surface area contributed by atoms with Crippen molar-refractivity contribution in [2.45, 2.75) is 45.1 Å². The molecule has 0 atom stereocenters. The maximum atomic E-state index is 6.03. The predicted molar refractivity (Wildman–Crippen MR) is 85.8 cm³/mol. The Morgan fingerprint density at radius 2 is 2.00 bits per heavy atom. The van der Waals surface area contributed by atoms with Crippen LogP contribution in [0, 0.1) is 5.92 Å². The maximum absolute atomic E-state index is 6.03. The Labute approximate surface area is 120 Å². The number of nitrogens with one attached hydrogen (secondary N) is 1. The Balaban J connectivity index is 1.80. The van der Waals surface area contributed by atoms with Gasteiger partial charge in [-0.1, -0.05) is 13.3 Å². The number of pyridine rings is 1. The van der Waals surface area contributed by atoms with Gasteiger partial charge in [-0.3, -0.25) is 4.98 Å². The summed E-state index contributed by atoms with van der Waals surface area (Å²) in [5.74, 6) is 0.925. The molecule has 0 saturated heterocycles. The van der Waals surface area contributed by atoms with Crippen LogP contribution >= 0.6 is 0 Å². The highest BCUT2D eigenvalue weighted by molar-refractivity contribution is 5.98. The number of nitrogen functional groups attached to an aromatic ring is 1. The molecule has 20 heavy (non-hydrogen) atoms. The smallest absolute Gasteiger partial charge is 0.0953 e. The van der Waals surface area contributed by atoms with E-state index in [2.05, 4.69) is 23.3 Å². The van der Waals surface area contributed by atoms with E-state index >= 15 is 0 Å². The molecule has 0 spiro atoms. The first-order valence-electron chi connectivity index (χ1n) is 7.67. The molecule has 1 aliphatic rings. The number of anilines is 2. The minimum Gasteiger partial charge on any atom is -0.398 e. The second-order valence-corrected chi connectivity index (χ2v) is 5.87. The van der Waals surface area contributed by atoms with Crippen LogP contribution in [0.5, 0.6) is 0 Å². The molecule has 1 aliphatic carbocycles. The summed E-state index contributed by atoms with van der Waals surface area (Å²) in [6.07, 6.45) is 8.36. The maximum Gasteiger partial charge on any atom is 0.0953 e. The van der Waals surface area contributed by atoms with Gasteiger partial charge in [0.05, 0.1) is 11.2 Å². The number of rotatable bonds is 3. The van der Waals surface area contributed by atoms with Crippen molar-refractivity contribution in [2.24, 2.45) is 5.92 Å². The van der Waals surface area contributed by atoms with Gasteiger partial charge in [-0.25, -0.2) is 0 Å². The van der Waals surface area contributed by atoms with Crippen LogP contribution in [0.2, 0.25) is 0 Å². The number of fused-ring (bicyclic) bond motifs is 1. The highest BCUT2D eigenvalue weighted by Crippen LogP contribution is 2.31. The van der Waals surface area contributed by atoms with Crippen molar-refractivity contribution in [2.75, 3.05) is 11.1 Å². The van der Waals surface area contributed by atoms with Gasteiger partial charge in [0, 0.05) is 23.3 Å². The van der Waals surface area contributed by atoms with Gasteiger partial charge in [0.15, 0.2) is 0 Å². The van der Waals surface area contributed by atoms with Gasteiger partial charge in [0.25, 0.3) is 0 Å². The van der Waals surface area contributed by atoms with E-state index in [1.165, 1.54) is 32.1 Å². The van der Waals surface area contributed by atoms with Crippen LogP contribution in [-0.2, 0) is 0 Å². The third kappa shape index (κ3) is 2.58.